The highest BCUT2D eigenvalue weighted by atomic mass is 32.2. The molecule has 0 aliphatic rings. The van der Waals surface area contributed by atoms with Gasteiger partial charge >= 0.3 is 11.9 Å². The third-order valence-electron chi connectivity index (χ3n) is 2.80. The van der Waals surface area contributed by atoms with E-state index < -0.39 is 53.6 Å². The molecule has 0 radical (unpaired) electrons. The number of carboxylic acid groups (broad SMARTS) is 2. The molecule has 0 fully saturated rings. The van der Waals surface area contributed by atoms with Crippen LogP contribution in [0.2, 0.25) is 0 Å². The van der Waals surface area contributed by atoms with E-state index >= 15 is 0 Å². The summed E-state index contributed by atoms with van der Waals surface area (Å²) in [6, 6.07) is -2.48. The number of thioether (sulfide) groups is 1. The number of rotatable bonds is 11. The van der Waals surface area contributed by atoms with Crippen molar-refractivity contribution >= 4 is 40.6 Å². The van der Waals surface area contributed by atoms with E-state index in [9.17, 15) is 24.0 Å². The molecule has 7 N–H and O–H groups in total. The highest BCUT2D eigenvalue weighted by molar-refractivity contribution is 8.13. The molecule has 12 heteroatoms. The molecular formula is C13H21N3O8S. The second-order valence-corrected chi connectivity index (χ2v) is 6.05. The molecule has 0 spiro atoms. The van der Waals surface area contributed by atoms with Gasteiger partial charge in [0.05, 0.1) is 0 Å². The number of nitrogens with two attached hydrogens (primary N) is 1. The molecule has 0 aromatic carbocycles. The first kappa shape index (κ1) is 22.8. The van der Waals surface area contributed by atoms with Crippen LogP contribution in [0.25, 0.3) is 0 Å². The van der Waals surface area contributed by atoms with Gasteiger partial charge in [-0.25, -0.2) is 0 Å². The van der Waals surface area contributed by atoms with Gasteiger partial charge in [-0.3, -0.25) is 24.0 Å². The topological polar surface area (TPSA) is 196 Å². The van der Waals surface area contributed by atoms with Crippen molar-refractivity contribution in [3.05, 3.63) is 0 Å². The Balaban J connectivity index is 4.72. The third kappa shape index (κ3) is 10.3. The third-order valence-corrected chi connectivity index (χ3v) is 3.92. The van der Waals surface area contributed by atoms with Gasteiger partial charge in [0.25, 0.3) is 0 Å². The van der Waals surface area contributed by atoms with Gasteiger partial charge in [-0.05, 0) is 13.3 Å². The fourth-order valence-corrected chi connectivity index (χ4v) is 2.24. The average molecular weight is 379 g/mol. The van der Waals surface area contributed by atoms with Crippen molar-refractivity contribution in [1.29, 1.82) is 0 Å². The number of hydrogen-bond donors (Lipinski definition) is 6. The van der Waals surface area contributed by atoms with Crippen molar-refractivity contribution in [2.45, 2.75) is 38.0 Å². The molecule has 0 rings (SSSR count). The molecule has 0 saturated carbocycles. The summed E-state index contributed by atoms with van der Waals surface area (Å²) in [5.74, 6) is -4.31. The van der Waals surface area contributed by atoms with Gasteiger partial charge in [-0.2, -0.15) is 0 Å². The smallest absolute Gasteiger partial charge is 0.322 e. The van der Waals surface area contributed by atoms with Gasteiger partial charge in [-0.15, -0.1) is 0 Å². The number of hydrogen-bond acceptors (Lipinski definition) is 8. The molecule has 2 unspecified atom stereocenters. The van der Waals surface area contributed by atoms with Crippen LogP contribution < -0.4 is 16.4 Å². The first-order chi connectivity index (χ1) is 11.5. The zero-order chi connectivity index (χ0) is 19.6. The lowest BCUT2D eigenvalue weighted by Gasteiger charge is -2.18. The molecule has 11 nitrogen and oxygen atoms in total. The van der Waals surface area contributed by atoms with Gasteiger partial charge in [0.2, 0.25) is 16.9 Å². The Bertz CT molecular complexity index is 525. The summed E-state index contributed by atoms with van der Waals surface area (Å²) >= 11 is 0.596. The van der Waals surface area contributed by atoms with E-state index in [0.717, 1.165) is 0 Å². The van der Waals surface area contributed by atoms with Gasteiger partial charge in [-0.1, -0.05) is 11.8 Å². The van der Waals surface area contributed by atoms with Crippen molar-refractivity contribution in [3.8, 4) is 0 Å². The summed E-state index contributed by atoms with van der Waals surface area (Å²) < 4.78 is 0. The van der Waals surface area contributed by atoms with Crippen molar-refractivity contribution in [2.24, 2.45) is 5.73 Å². The Kier molecular flexibility index (Phi) is 10.4. The maximum atomic E-state index is 11.9. The largest absolute Gasteiger partial charge is 0.480 e. The Morgan fingerprint density at radius 1 is 1.16 bits per heavy atom. The molecule has 3 atom stereocenters. The maximum Gasteiger partial charge on any atom is 0.322 e. The Morgan fingerprint density at radius 3 is 2.24 bits per heavy atom. The maximum absolute atomic E-state index is 11.9. The van der Waals surface area contributed by atoms with Crippen LogP contribution in [0.3, 0.4) is 0 Å². The molecule has 0 aliphatic carbocycles. The number of aliphatic hydroxyl groups excluding tert-OH is 1. The van der Waals surface area contributed by atoms with E-state index in [1.807, 2.05) is 0 Å². The van der Waals surface area contributed by atoms with Crippen LogP contribution >= 0.6 is 11.8 Å². The van der Waals surface area contributed by atoms with Gasteiger partial charge in [0.1, 0.15) is 24.7 Å². The molecule has 0 aromatic heterocycles. The van der Waals surface area contributed by atoms with Crippen LogP contribution in [0.5, 0.6) is 0 Å². The van der Waals surface area contributed by atoms with Crippen LogP contribution in [0.15, 0.2) is 0 Å². The molecule has 0 aliphatic heterocycles. The van der Waals surface area contributed by atoms with Crippen LogP contribution in [0.1, 0.15) is 19.8 Å². The molecule has 0 saturated heterocycles. The van der Waals surface area contributed by atoms with Crippen molar-refractivity contribution in [2.75, 3.05) is 12.3 Å². The monoisotopic (exact) mass is 379 g/mol. The Labute approximate surface area is 147 Å². The van der Waals surface area contributed by atoms with E-state index in [-0.39, 0.29) is 18.6 Å². The van der Waals surface area contributed by atoms with Crippen LogP contribution in [-0.2, 0) is 24.0 Å². The van der Waals surface area contributed by atoms with E-state index in [1.165, 1.54) is 6.92 Å². The predicted octanol–water partition coefficient (Wildman–Crippen LogP) is -2.50. The first-order valence-electron chi connectivity index (χ1n) is 7.16. The zero-order valence-corrected chi connectivity index (χ0v) is 14.2. The lowest BCUT2D eigenvalue weighted by atomic mass is 10.1. The molecule has 0 aromatic rings. The number of aliphatic carboxylic acids is 2. The summed E-state index contributed by atoms with van der Waals surface area (Å²) in [7, 11) is 0. The van der Waals surface area contributed by atoms with Gasteiger partial charge < -0.3 is 31.7 Å². The summed E-state index contributed by atoms with van der Waals surface area (Å²) in [5.41, 5.74) is 5.27. The van der Waals surface area contributed by atoms with Crippen LogP contribution in [0, 0.1) is 0 Å². The SMILES string of the molecule is CC(O)C(=O)SCC(NC(=O)CC[C@H](N)C(=O)O)C(=O)NCC(=O)O. The predicted molar refractivity (Wildman–Crippen MR) is 86.6 cm³/mol. The zero-order valence-electron chi connectivity index (χ0n) is 13.4. The highest BCUT2D eigenvalue weighted by Gasteiger charge is 2.24. The van der Waals surface area contributed by atoms with Gasteiger partial charge in [0.15, 0.2) is 0 Å². The molecule has 25 heavy (non-hydrogen) atoms. The second kappa shape index (κ2) is 11.4. The van der Waals surface area contributed by atoms with Crippen LogP contribution in [-0.4, -0.2) is 74.7 Å². The summed E-state index contributed by atoms with van der Waals surface area (Å²) in [4.78, 5) is 56.2. The Hall–Kier alpha value is -2.18. The van der Waals surface area contributed by atoms with Crippen LogP contribution in [0.4, 0.5) is 0 Å². The van der Waals surface area contributed by atoms with E-state index in [1.54, 1.807) is 0 Å². The number of carbonyl (C=O) groups is 5. The molecular weight excluding hydrogens is 358 g/mol. The quantitative estimate of drug-likeness (QED) is 0.223. The van der Waals surface area contributed by atoms with Crippen molar-refractivity contribution < 1.29 is 39.3 Å². The van der Waals surface area contributed by atoms with E-state index in [0.29, 0.717) is 11.8 Å². The van der Waals surface area contributed by atoms with E-state index in [4.69, 9.17) is 21.1 Å². The number of amides is 2. The normalized spacial score (nSPS) is 14.0. The minimum atomic E-state index is -1.29. The molecule has 2 amide bonds. The van der Waals surface area contributed by atoms with Crippen molar-refractivity contribution in [1.82, 2.24) is 10.6 Å². The molecule has 142 valence electrons. The fraction of sp³-hybridized carbons (Fsp3) is 0.615. The second-order valence-electron chi connectivity index (χ2n) is 5.02. The minimum Gasteiger partial charge on any atom is -0.480 e. The summed E-state index contributed by atoms with van der Waals surface area (Å²) in [5, 5.41) is 30.0. The number of carboxylic acids is 2. The lowest BCUT2D eigenvalue weighted by molar-refractivity contribution is -0.139. The minimum absolute atomic E-state index is 0.162. The molecule has 0 heterocycles. The van der Waals surface area contributed by atoms with Gasteiger partial charge in [0, 0.05) is 12.2 Å². The van der Waals surface area contributed by atoms with Crippen molar-refractivity contribution in [3.63, 3.8) is 0 Å². The Morgan fingerprint density at radius 2 is 1.76 bits per heavy atom. The van der Waals surface area contributed by atoms with E-state index in [2.05, 4.69) is 10.6 Å². The summed E-state index contributed by atoms with van der Waals surface area (Å²) in [6.07, 6.45) is -1.70. The summed E-state index contributed by atoms with van der Waals surface area (Å²) in [6.45, 7) is 0.560. The average Bonchev–Trinajstić information content (AvgIpc) is 2.53. The highest BCUT2D eigenvalue weighted by Crippen LogP contribution is 2.08. The number of carbonyl (C=O) groups excluding carboxylic acids is 3. The fourth-order valence-electron chi connectivity index (χ4n) is 1.43. The standard InChI is InChI=1S/C13H21N3O8S/c1-6(17)13(24)25-5-8(11(21)15-4-10(19)20)16-9(18)3-2-7(14)12(22)23/h6-8,17H,2-5,14H2,1H3,(H,15,21)(H,16,18)(H,19,20)(H,22,23)/t6?,7-,8?/m0/s1. The molecule has 0 bridgehead atoms. The number of nitrogens with one attached hydrogen (secondary N) is 2. The lowest BCUT2D eigenvalue weighted by Crippen LogP contribution is -2.49. The first-order valence-corrected chi connectivity index (χ1v) is 8.15. The number of aliphatic hydroxyl groups is 1.